The number of amides is 1. The van der Waals surface area contributed by atoms with Crippen LogP contribution in [0.1, 0.15) is 24.2 Å². The Bertz CT molecular complexity index is 759. The van der Waals surface area contributed by atoms with Gasteiger partial charge in [0, 0.05) is 26.2 Å². The highest BCUT2D eigenvalue weighted by molar-refractivity contribution is 5.94. The lowest BCUT2D eigenvalue weighted by Gasteiger charge is -2.35. The minimum Gasteiger partial charge on any atom is -0.463 e. The number of ether oxygens (including phenoxy) is 1. The molecule has 0 spiro atoms. The number of hydrogen-bond acceptors (Lipinski definition) is 5. The molecule has 2 atom stereocenters. The van der Waals surface area contributed by atoms with Crippen molar-refractivity contribution in [2.75, 3.05) is 26.2 Å². The SMILES string of the molecule is C[C@@H]1CN(CCNC(=O)c2ccc(-c3ccco3)[nH]c2=O)C[C@H](C)O1. The summed E-state index contributed by atoms with van der Waals surface area (Å²) in [7, 11) is 0. The lowest BCUT2D eigenvalue weighted by atomic mass is 10.2. The van der Waals surface area contributed by atoms with E-state index >= 15 is 0 Å². The number of nitrogens with zero attached hydrogens (tertiary/aromatic N) is 1. The molecule has 1 aliphatic rings. The third kappa shape index (κ3) is 4.37. The van der Waals surface area contributed by atoms with E-state index in [1.165, 1.54) is 12.3 Å². The summed E-state index contributed by atoms with van der Waals surface area (Å²) in [6.07, 6.45) is 1.91. The Kier molecular flexibility index (Phi) is 5.35. The predicted molar refractivity (Wildman–Crippen MR) is 93.5 cm³/mol. The van der Waals surface area contributed by atoms with Gasteiger partial charge in [0.2, 0.25) is 0 Å². The summed E-state index contributed by atoms with van der Waals surface area (Å²) in [6.45, 7) is 6.99. The number of aromatic amines is 1. The Morgan fingerprint density at radius 3 is 2.68 bits per heavy atom. The molecule has 7 heteroatoms. The molecule has 0 bridgehead atoms. The van der Waals surface area contributed by atoms with Gasteiger partial charge in [0.1, 0.15) is 11.3 Å². The van der Waals surface area contributed by atoms with Gasteiger partial charge < -0.3 is 19.5 Å². The van der Waals surface area contributed by atoms with E-state index in [0.29, 0.717) is 18.0 Å². The molecule has 0 unspecified atom stereocenters. The van der Waals surface area contributed by atoms with Crippen molar-refractivity contribution in [1.82, 2.24) is 15.2 Å². The van der Waals surface area contributed by atoms with E-state index in [9.17, 15) is 9.59 Å². The largest absolute Gasteiger partial charge is 0.463 e. The van der Waals surface area contributed by atoms with Crippen LogP contribution in [0, 0.1) is 0 Å². The second kappa shape index (κ2) is 7.67. The number of furan rings is 1. The standard InChI is InChI=1S/C18H23N3O4/c1-12-10-21(11-13(2)25-12)8-7-19-17(22)14-5-6-15(20-18(14)23)16-4-3-9-24-16/h3-6,9,12-13H,7-8,10-11H2,1-2H3,(H,19,22)(H,20,23)/t12-,13+. The number of hydrogen-bond donors (Lipinski definition) is 2. The molecule has 2 N–H and O–H groups in total. The topological polar surface area (TPSA) is 87.6 Å². The van der Waals surface area contributed by atoms with Gasteiger partial charge in [0.15, 0.2) is 0 Å². The van der Waals surface area contributed by atoms with E-state index in [1.54, 1.807) is 18.2 Å². The van der Waals surface area contributed by atoms with Crippen molar-refractivity contribution in [3.63, 3.8) is 0 Å². The zero-order chi connectivity index (χ0) is 17.8. The van der Waals surface area contributed by atoms with Gasteiger partial charge >= 0.3 is 0 Å². The fourth-order valence-electron chi connectivity index (χ4n) is 3.12. The molecule has 0 saturated carbocycles. The summed E-state index contributed by atoms with van der Waals surface area (Å²) in [5.74, 6) is 0.182. The monoisotopic (exact) mass is 345 g/mol. The van der Waals surface area contributed by atoms with Crippen molar-refractivity contribution in [2.45, 2.75) is 26.1 Å². The number of nitrogens with one attached hydrogen (secondary N) is 2. The molecule has 0 radical (unpaired) electrons. The number of carbonyl (C=O) groups excluding carboxylic acids is 1. The van der Waals surface area contributed by atoms with Crippen molar-refractivity contribution >= 4 is 5.91 Å². The zero-order valence-corrected chi connectivity index (χ0v) is 14.5. The highest BCUT2D eigenvalue weighted by Gasteiger charge is 2.22. The van der Waals surface area contributed by atoms with E-state index in [1.807, 2.05) is 13.8 Å². The van der Waals surface area contributed by atoms with Crippen LogP contribution >= 0.6 is 0 Å². The highest BCUT2D eigenvalue weighted by Crippen LogP contribution is 2.15. The summed E-state index contributed by atoms with van der Waals surface area (Å²) in [5, 5.41) is 2.81. The molecule has 1 aliphatic heterocycles. The van der Waals surface area contributed by atoms with Crippen molar-refractivity contribution in [3.8, 4) is 11.5 Å². The van der Waals surface area contributed by atoms with Gasteiger partial charge in [-0.15, -0.1) is 0 Å². The van der Waals surface area contributed by atoms with Crippen LogP contribution in [-0.4, -0.2) is 54.2 Å². The van der Waals surface area contributed by atoms with Crippen LogP contribution in [0.25, 0.3) is 11.5 Å². The van der Waals surface area contributed by atoms with Gasteiger partial charge in [-0.25, -0.2) is 0 Å². The van der Waals surface area contributed by atoms with Crippen LogP contribution in [0.4, 0.5) is 0 Å². The third-order valence-corrected chi connectivity index (χ3v) is 4.15. The smallest absolute Gasteiger partial charge is 0.261 e. The van der Waals surface area contributed by atoms with Crippen LogP contribution in [0.15, 0.2) is 39.7 Å². The number of carbonyl (C=O) groups is 1. The molecule has 2 aromatic rings. The molecular formula is C18H23N3O4. The van der Waals surface area contributed by atoms with Gasteiger partial charge in [0.25, 0.3) is 11.5 Å². The molecule has 2 aromatic heterocycles. The Balaban J connectivity index is 1.55. The van der Waals surface area contributed by atoms with E-state index < -0.39 is 5.56 Å². The summed E-state index contributed by atoms with van der Waals surface area (Å²) >= 11 is 0. The lowest BCUT2D eigenvalue weighted by molar-refractivity contribution is -0.0672. The van der Waals surface area contributed by atoms with E-state index in [2.05, 4.69) is 15.2 Å². The van der Waals surface area contributed by atoms with Gasteiger partial charge in [-0.1, -0.05) is 0 Å². The summed E-state index contributed by atoms with van der Waals surface area (Å²) in [5.41, 5.74) is 0.210. The van der Waals surface area contributed by atoms with E-state index in [4.69, 9.17) is 9.15 Å². The maximum Gasteiger partial charge on any atom is 0.261 e. The molecule has 3 rings (SSSR count). The maximum atomic E-state index is 12.2. The average molecular weight is 345 g/mol. The second-order valence-electron chi connectivity index (χ2n) is 6.36. The molecule has 3 heterocycles. The fraction of sp³-hybridized carbons (Fsp3) is 0.444. The maximum absolute atomic E-state index is 12.2. The first-order chi connectivity index (χ1) is 12.0. The minimum absolute atomic E-state index is 0.0963. The van der Waals surface area contributed by atoms with Crippen molar-refractivity contribution in [2.24, 2.45) is 0 Å². The molecule has 0 aromatic carbocycles. The normalized spacial score (nSPS) is 21.2. The van der Waals surface area contributed by atoms with Gasteiger partial charge in [0.05, 0.1) is 24.2 Å². The van der Waals surface area contributed by atoms with Crippen molar-refractivity contribution in [1.29, 1.82) is 0 Å². The van der Waals surface area contributed by atoms with E-state index in [0.717, 1.165) is 19.6 Å². The predicted octanol–water partition coefficient (Wildman–Crippen LogP) is 1.47. The first kappa shape index (κ1) is 17.4. The molecule has 25 heavy (non-hydrogen) atoms. The first-order valence-corrected chi connectivity index (χ1v) is 8.46. The Hall–Kier alpha value is -2.38. The number of rotatable bonds is 5. The molecule has 0 aliphatic carbocycles. The lowest BCUT2D eigenvalue weighted by Crippen LogP contribution is -2.48. The van der Waals surface area contributed by atoms with E-state index in [-0.39, 0.29) is 23.7 Å². The Morgan fingerprint density at radius 2 is 2.04 bits per heavy atom. The fourth-order valence-corrected chi connectivity index (χ4v) is 3.12. The van der Waals surface area contributed by atoms with Crippen LogP contribution in [0.3, 0.4) is 0 Å². The van der Waals surface area contributed by atoms with Gasteiger partial charge in [-0.2, -0.15) is 0 Å². The Morgan fingerprint density at radius 1 is 1.28 bits per heavy atom. The second-order valence-corrected chi connectivity index (χ2v) is 6.36. The molecule has 1 amide bonds. The molecule has 7 nitrogen and oxygen atoms in total. The van der Waals surface area contributed by atoms with Crippen molar-refractivity contribution < 1.29 is 13.9 Å². The van der Waals surface area contributed by atoms with Gasteiger partial charge in [-0.05, 0) is 38.1 Å². The summed E-state index contributed by atoms with van der Waals surface area (Å²) < 4.78 is 10.9. The Labute approximate surface area is 146 Å². The van der Waals surface area contributed by atoms with Crippen LogP contribution < -0.4 is 10.9 Å². The average Bonchev–Trinajstić information content (AvgIpc) is 3.08. The minimum atomic E-state index is -0.431. The summed E-state index contributed by atoms with van der Waals surface area (Å²) in [4.78, 5) is 29.3. The zero-order valence-electron chi connectivity index (χ0n) is 14.5. The molecule has 1 fully saturated rings. The number of morpholine rings is 1. The van der Waals surface area contributed by atoms with Crippen LogP contribution in [0.2, 0.25) is 0 Å². The molecular weight excluding hydrogens is 322 g/mol. The third-order valence-electron chi connectivity index (χ3n) is 4.15. The van der Waals surface area contributed by atoms with Crippen LogP contribution in [-0.2, 0) is 4.74 Å². The highest BCUT2D eigenvalue weighted by atomic mass is 16.5. The number of pyridine rings is 1. The first-order valence-electron chi connectivity index (χ1n) is 8.46. The van der Waals surface area contributed by atoms with Gasteiger partial charge in [-0.3, -0.25) is 14.5 Å². The quantitative estimate of drug-likeness (QED) is 0.857. The molecule has 134 valence electrons. The number of aromatic nitrogens is 1. The van der Waals surface area contributed by atoms with Crippen molar-refractivity contribution in [3.05, 3.63) is 46.4 Å². The van der Waals surface area contributed by atoms with Crippen LogP contribution in [0.5, 0.6) is 0 Å². The number of H-pyrrole nitrogens is 1. The molecule has 1 saturated heterocycles. The summed E-state index contributed by atoms with van der Waals surface area (Å²) in [6, 6.07) is 6.67.